The number of aryl methyl sites for hydroxylation is 1. The van der Waals surface area contributed by atoms with E-state index in [1.54, 1.807) is 21.1 Å². The van der Waals surface area contributed by atoms with Crippen LogP contribution >= 0.6 is 0 Å². The minimum atomic E-state index is -1.40. The molecular weight excluding hydrogens is 526 g/mol. The number of methoxy groups -OCH3 is 2. The van der Waals surface area contributed by atoms with Gasteiger partial charge >= 0.3 is 5.69 Å². The molecule has 0 spiro atoms. The molecule has 0 radical (unpaired) electrons. The average Bonchev–Trinajstić information content (AvgIpc) is 3.29. The van der Waals surface area contributed by atoms with Crippen molar-refractivity contribution < 1.29 is 29.2 Å². The molecule has 3 aromatic carbocycles. The van der Waals surface area contributed by atoms with E-state index in [9.17, 15) is 15.0 Å². The quantitative estimate of drug-likeness (QED) is 0.264. The first-order chi connectivity index (χ1) is 19.8. The lowest BCUT2D eigenvalue weighted by Crippen LogP contribution is -2.39. The lowest BCUT2D eigenvalue weighted by atomic mass is 9.80. The molecule has 1 aliphatic rings. The molecular formula is C31H33N3O7. The van der Waals surface area contributed by atoms with Crippen LogP contribution in [0.5, 0.6) is 11.5 Å². The van der Waals surface area contributed by atoms with Crippen LogP contribution in [0.1, 0.15) is 28.5 Å². The van der Waals surface area contributed by atoms with Crippen LogP contribution < -0.4 is 20.9 Å². The van der Waals surface area contributed by atoms with Crippen LogP contribution in [-0.4, -0.2) is 58.9 Å². The Morgan fingerprint density at radius 1 is 0.878 bits per heavy atom. The van der Waals surface area contributed by atoms with Crippen molar-refractivity contribution in [3.8, 4) is 11.5 Å². The average molecular weight is 560 g/mol. The number of nitrogens with zero attached hydrogens (tertiary/aromatic N) is 2. The van der Waals surface area contributed by atoms with Gasteiger partial charge in [-0.1, -0.05) is 54.6 Å². The van der Waals surface area contributed by atoms with Gasteiger partial charge in [-0.05, 0) is 47.9 Å². The van der Waals surface area contributed by atoms with Crippen molar-refractivity contribution in [2.24, 2.45) is 0 Å². The Kier molecular flexibility index (Phi) is 8.09. The molecule has 214 valence electrons. The molecule has 1 aliphatic heterocycles. The summed E-state index contributed by atoms with van der Waals surface area (Å²) in [6.07, 6.45) is -3.44. The number of nitrogens with two attached hydrogens (primary N) is 1. The minimum absolute atomic E-state index is 0.0887. The highest BCUT2D eigenvalue weighted by Crippen LogP contribution is 2.42. The zero-order chi connectivity index (χ0) is 29.1. The Balaban J connectivity index is 1.55. The number of benzene rings is 3. The second-order valence-electron chi connectivity index (χ2n) is 9.86. The fourth-order valence-corrected chi connectivity index (χ4v) is 5.14. The standard InChI is InChI=1S/C31H33N3O7/c1-19-17-34(30(37)33-28(19)32)29-27(36)26(35)25(41-29)18-40-31(20-7-5-4-6-8-20,21-9-13-23(38-2)14-10-21)22-11-15-24(39-3)16-12-22/h4-17,25-27,29,35-36H,18H2,1-3H3,(H2,32,33,37)/t25-,26-,27-,29-/m1/s1. The molecule has 0 unspecified atom stereocenters. The topological polar surface area (TPSA) is 138 Å². The normalized spacial score (nSPS) is 20.6. The van der Waals surface area contributed by atoms with Crippen LogP contribution in [0.2, 0.25) is 0 Å². The number of hydrogen-bond acceptors (Lipinski definition) is 9. The van der Waals surface area contributed by atoms with E-state index in [-0.39, 0.29) is 12.4 Å². The third kappa shape index (κ3) is 5.30. The monoisotopic (exact) mass is 559 g/mol. The maximum absolute atomic E-state index is 12.6. The van der Waals surface area contributed by atoms with Gasteiger partial charge in [0.2, 0.25) is 0 Å². The van der Waals surface area contributed by atoms with E-state index in [1.807, 2.05) is 78.9 Å². The zero-order valence-corrected chi connectivity index (χ0v) is 23.0. The molecule has 10 nitrogen and oxygen atoms in total. The van der Waals surface area contributed by atoms with Crippen LogP contribution in [0, 0.1) is 6.92 Å². The highest BCUT2D eigenvalue weighted by atomic mass is 16.6. The number of aliphatic hydroxyl groups is 2. The number of aliphatic hydroxyl groups excluding tert-OH is 2. The Labute approximate surface area is 237 Å². The molecule has 5 rings (SSSR count). The van der Waals surface area contributed by atoms with Gasteiger partial charge in [-0.3, -0.25) is 4.57 Å². The van der Waals surface area contributed by atoms with Gasteiger partial charge in [0.1, 0.15) is 41.2 Å². The first-order valence-corrected chi connectivity index (χ1v) is 13.1. The van der Waals surface area contributed by atoms with Crippen molar-refractivity contribution in [1.82, 2.24) is 9.55 Å². The maximum atomic E-state index is 12.6. The van der Waals surface area contributed by atoms with Crippen molar-refractivity contribution >= 4 is 5.82 Å². The van der Waals surface area contributed by atoms with Gasteiger partial charge < -0.3 is 34.9 Å². The zero-order valence-electron chi connectivity index (χ0n) is 23.0. The van der Waals surface area contributed by atoms with Crippen LogP contribution in [0.3, 0.4) is 0 Å². The largest absolute Gasteiger partial charge is 0.497 e. The Bertz CT molecular complexity index is 1480. The Hall–Kier alpha value is -4.22. The fraction of sp³-hybridized carbons (Fsp3) is 0.290. The molecule has 0 saturated carbocycles. The molecule has 0 bridgehead atoms. The number of rotatable bonds is 9. The summed E-state index contributed by atoms with van der Waals surface area (Å²) in [5.41, 5.74) is 6.88. The molecule has 0 amide bonds. The van der Waals surface area contributed by atoms with E-state index in [0.717, 1.165) is 21.3 Å². The van der Waals surface area contributed by atoms with Crippen LogP contribution in [0.4, 0.5) is 5.82 Å². The van der Waals surface area contributed by atoms with Gasteiger partial charge in [0.25, 0.3) is 0 Å². The molecule has 4 aromatic rings. The second kappa shape index (κ2) is 11.7. The minimum Gasteiger partial charge on any atom is -0.497 e. The first kappa shape index (κ1) is 28.3. The Morgan fingerprint density at radius 2 is 1.41 bits per heavy atom. The van der Waals surface area contributed by atoms with Crippen LogP contribution in [0.15, 0.2) is 89.9 Å². The van der Waals surface area contributed by atoms with Crippen molar-refractivity contribution in [2.45, 2.75) is 37.1 Å². The molecule has 1 saturated heterocycles. The van der Waals surface area contributed by atoms with Crippen molar-refractivity contribution in [3.63, 3.8) is 0 Å². The van der Waals surface area contributed by atoms with Gasteiger partial charge in [0, 0.05) is 11.8 Å². The van der Waals surface area contributed by atoms with Crippen LogP contribution in [0.25, 0.3) is 0 Å². The van der Waals surface area contributed by atoms with Gasteiger partial charge in [-0.15, -0.1) is 0 Å². The maximum Gasteiger partial charge on any atom is 0.351 e. The van der Waals surface area contributed by atoms with Crippen molar-refractivity contribution in [2.75, 3.05) is 26.6 Å². The van der Waals surface area contributed by atoms with E-state index >= 15 is 0 Å². The van der Waals surface area contributed by atoms with E-state index in [1.165, 1.54) is 6.20 Å². The predicted molar refractivity (Wildman–Crippen MR) is 152 cm³/mol. The summed E-state index contributed by atoms with van der Waals surface area (Å²) in [5.74, 6) is 1.46. The van der Waals surface area contributed by atoms with Crippen molar-refractivity contribution in [3.05, 3.63) is 118 Å². The summed E-state index contributed by atoms with van der Waals surface area (Å²) >= 11 is 0. The third-order valence-electron chi connectivity index (χ3n) is 7.42. The third-order valence-corrected chi connectivity index (χ3v) is 7.42. The summed E-state index contributed by atoms with van der Waals surface area (Å²) < 4.78 is 24.8. The summed E-state index contributed by atoms with van der Waals surface area (Å²) in [5, 5.41) is 21.9. The smallest absolute Gasteiger partial charge is 0.351 e. The van der Waals surface area contributed by atoms with E-state index in [4.69, 9.17) is 24.7 Å². The van der Waals surface area contributed by atoms with Crippen molar-refractivity contribution in [1.29, 1.82) is 0 Å². The lowest BCUT2D eigenvalue weighted by molar-refractivity contribution is -0.0958. The number of hydrogen-bond donors (Lipinski definition) is 3. The first-order valence-electron chi connectivity index (χ1n) is 13.1. The van der Waals surface area contributed by atoms with E-state index in [0.29, 0.717) is 17.1 Å². The van der Waals surface area contributed by atoms with E-state index < -0.39 is 35.8 Å². The lowest BCUT2D eigenvalue weighted by Gasteiger charge is -2.37. The molecule has 1 fully saturated rings. The number of aromatic nitrogens is 2. The highest BCUT2D eigenvalue weighted by Gasteiger charge is 2.46. The fourth-order valence-electron chi connectivity index (χ4n) is 5.14. The predicted octanol–water partition coefficient (Wildman–Crippen LogP) is 2.78. The number of anilines is 1. The molecule has 4 N–H and O–H groups in total. The SMILES string of the molecule is COc1ccc(C(OC[C@H]2O[C@@H](n3cc(C)c(N)nc3=O)[C@H](O)[C@@H]2O)(c2ccccc2)c2ccc(OC)cc2)cc1. The van der Waals surface area contributed by atoms with Gasteiger partial charge in [0.05, 0.1) is 20.8 Å². The van der Waals surface area contributed by atoms with Gasteiger partial charge in [-0.2, -0.15) is 4.98 Å². The summed E-state index contributed by atoms with van der Waals surface area (Å²) in [4.78, 5) is 16.4. The number of nitrogen functional groups attached to an aromatic ring is 1. The van der Waals surface area contributed by atoms with Crippen LogP contribution in [-0.2, 0) is 15.1 Å². The summed E-state index contributed by atoms with van der Waals surface area (Å²) in [7, 11) is 3.20. The summed E-state index contributed by atoms with van der Waals surface area (Å²) in [6, 6.07) is 24.8. The number of ether oxygens (including phenoxy) is 4. The van der Waals surface area contributed by atoms with Gasteiger partial charge in [-0.25, -0.2) is 4.79 Å². The molecule has 4 atom stereocenters. The Morgan fingerprint density at radius 3 is 1.95 bits per heavy atom. The highest BCUT2D eigenvalue weighted by molar-refractivity contribution is 5.49. The second-order valence-corrected chi connectivity index (χ2v) is 9.86. The summed E-state index contributed by atoms with van der Waals surface area (Å²) in [6.45, 7) is 1.56. The molecule has 41 heavy (non-hydrogen) atoms. The molecule has 2 heterocycles. The van der Waals surface area contributed by atoms with Gasteiger partial charge in [0.15, 0.2) is 6.23 Å². The molecule has 10 heteroatoms. The molecule has 1 aromatic heterocycles. The molecule has 0 aliphatic carbocycles. The van der Waals surface area contributed by atoms with E-state index in [2.05, 4.69) is 4.98 Å².